The second-order valence-electron chi connectivity index (χ2n) is 6.03. The fraction of sp³-hybridized carbons (Fsp3) is 0.111. The van der Waals surface area contributed by atoms with Gasteiger partial charge in [-0.3, -0.25) is 10.1 Å². The van der Waals surface area contributed by atoms with Gasteiger partial charge in [0, 0.05) is 23.8 Å². The highest BCUT2D eigenvalue weighted by molar-refractivity contribution is 7.92. The number of sulfonamides is 1. The largest absolute Gasteiger partial charge is 0.270 e. The highest BCUT2D eigenvalue weighted by atomic mass is 35.5. The first-order valence-corrected chi connectivity index (χ1v) is 9.92. The maximum Gasteiger partial charge on any atom is 0.270 e. The highest BCUT2D eigenvalue weighted by Gasteiger charge is 2.20. The molecule has 1 heterocycles. The average Bonchev–Trinajstić information content (AvgIpc) is 2.61. The summed E-state index contributed by atoms with van der Waals surface area (Å²) in [6, 6.07) is 12.0. The van der Waals surface area contributed by atoms with Crippen LogP contribution in [0.1, 0.15) is 11.1 Å². The summed E-state index contributed by atoms with van der Waals surface area (Å²) in [6.45, 7) is 3.82. The van der Waals surface area contributed by atoms with Crippen molar-refractivity contribution in [1.82, 2.24) is 9.97 Å². The maximum atomic E-state index is 12.6. The minimum Gasteiger partial charge on any atom is -0.258 e. The van der Waals surface area contributed by atoms with Gasteiger partial charge in [-0.15, -0.1) is 0 Å². The van der Waals surface area contributed by atoms with Crippen LogP contribution in [0.15, 0.2) is 53.4 Å². The van der Waals surface area contributed by atoms with Gasteiger partial charge in [-0.1, -0.05) is 35.9 Å². The van der Waals surface area contributed by atoms with E-state index in [4.69, 9.17) is 11.6 Å². The van der Waals surface area contributed by atoms with Gasteiger partial charge in [0.05, 0.1) is 15.5 Å². The van der Waals surface area contributed by atoms with E-state index in [2.05, 4.69) is 14.7 Å². The molecule has 0 aliphatic heterocycles. The number of nitro groups is 1. The number of non-ortho nitro benzene ring substituents is 1. The first kappa shape index (κ1) is 19.7. The number of nitro benzene ring substituents is 1. The van der Waals surface area contributed by atoms with E-state index >= 15 is 0 Å². The van der Waals surface area contributed by atoms with Gasteiger partial charge >= 0.3 is 0 Å². The van der Waals surface area contributed by atoms with E-state index in [0.717, 1.165) is 22.8 Å². The number of rotatable bonds is 5. The number of anilines is 1. The fourth-order valence-electron chi connectivity index (χ4n) is 2.75. The van der Waals surface area contributed by atoms with Crippen molar-refractivity contribution in [3.8, 4) is 11.3 Å². The van der Waals surface area contributed by atoms with Gasteiger partial charge in [0.1, 0.15) is 5.15 Å². The first-order valence-electron chi connectivity index (χ1n) is 8.06. The zero-order chi connectivity index (χ0) is 20.5. The third kappa shape index (κ3) is 4.10. The van der Waals surface area contributed by atoms with Gasteiger partial charge in [-0.05, 0) is 31.0 Å². The third-order valence-electron chi connectivity index (χ3n) is 4.00. The first-order chi connectivity index (χ1) is 13.2. The van der Waals surface area contributed by atoms with Crippen LogP contribution in [-0.4, -0.2) is 23.3 Å². The molecule has 0 bridgehead atoms. The van der Waals surface area contributed by atoms with E-state index in [1.54, 1.807) is 6.07 Å². The molecular weight excluding hydrogens is 404 g/mol. The summed E-state index contributed by atoms with van der Waals surface area (Å²) in [5.74, 6) is -0.225. The van der Waals surface area contributed by atoms with Gasteiger partial charge in [-0.2, -0.15) is 0 Å². The van der Waals surface area contributed by atoms with Gasteiger partial charge in [0.25, 0.3) is 15.7 Å². The minimum atomic E-state index is -4.14. The van der Waals surface area contributed by atoms with Gasteiger partial charge < -0.3 is 0 Å². The number of benzene rings is 2. The quantitative estimate of drug-likeness (QED) is 0.378. The van der Waals surface area contributed by atoms with Crippen molar-refractivity contribution in [3.63, 3.8) is 0 Å². The molecule has 10 heteroatoms. The molecule has 0 aliphatic carbocycles. The molecule has 2 aromatic carbocycles. The zero-order valence-electron chi connectivity index (χ0n) is 14.9. The van der Waals surface area contributed by atoms with Crippen LogP contribution >= 0.6 is 11.6 Å². The smallest absolute Gasteiger partial charge is 0.258 e. The molecule has 0 amide bonds. The molecule has 1 N–H and O–H groups in total. The topological polar surface area (TPSA) is 115 Å². The van der Waals surface area contributed by atoms with Crippen LogP contribution in [0.3, 0.4) is 0 Å². The van der Waals surface area contributed by atoms with Crippen LogP contribution < -0.4 is 4.72 Å². The summed E-state index contributed by atoms with van der Waals surface area (Å²) in [7, 11) is -4.14. The van der Waals surface area contributed by atoms with E-state index in [-0.39, 0.29) is 21.7 Å². The van der Waals surface area contributed by atoms with Gasteiger partial charge in [-0.25, -0.2) is 23.1 Å². The molecule has 3 rings (SSSR count). The minimum absolute atomic E-state index is 0.0596. The summed E-state index contributed by atoms with van der Waals surface area (Å²) in [5.41, 5.74) is 2.84. The molecule has 28 heavy (non-hydrogen) atoms. The molecule has 144 valence electrons. The number of nitrogens with one attached hydrogen (secondary N) is 1. The fourth-order valence-corrected chi connectivity index (χ4v) is 3.92. The number of halogens is 1. The zero-order valence-corrected chi connectivity index (χ0v) is 16.5. The molecule has 0 spiro atoms. The Morgan fingerprint density at radius 2 is 1.68 bits per heavy atom. The monoisotopic (exact) mass is 418 g/mol. The molecule has 0 fully saturated rings. The molecule has 0 unspecified atom stereocenters. The van der Waals surface area contributed by atoms with Crippen molar-refractivity contribution in [1.29, 1.82) is 0 Å². The molecule has 0 aliphatic rings. The Hall–Kier alpha value is -3.04. The van der Waals surface area contributed by atoms with Crippen LogP contribution in [0, 0.1) is 24.0 Å². The summed E-state index contributed by atoms with van der Waals surface area (Å²) in [6.07, 6.45) is 0. The number of hydrogen-bond acceptors (Lipinski definition) is 6. The van der Waals surface area contributed by atoms with Crippen molar-refractivity contribution in [3.05, 3.63) is 74.9 Å². The number of aromatic nitrogens is 2. The Kier molecular flexibility index (Phi) is 5.30. The third-order valence-corrected chi connectivity index (χ3v) is 5.52. The Morgan fingerprint density at radius 1 is 1.04 bits per heavy atom. The second-order valence-corrected chi connectivity index (χ2v) is 8.10. The lowest BCUT2D eigenvalue weighted by Gasteiger charge is -2.12. The van der Waals surface area contributed by atoms with Crippen LogP contribution in [0.2, 0.25) is 5.15 Å². The Morgan fingerprint density at radius 3 is 2.32 bits per heavy atom. The summed E-state index contributed by atoms with van der Waals surface area (Å²) < 4.78 is 27.5. The lowest BCUT2D eigenvalue weighted by atomic mass is 10.00. The lowest BCUT2D eigenvalue weighted by molar-refractivity contribution is -0.385. The van der Waals surface area contributed by atoms with Gasteiger partial charge in [0.15, 0.2) is 0 Å². The molecule has 0 saturated heterocycles. The summed E-state index contributed by atoms with van der Waals surface area (Å²) in [5, 5.41) is 11.0. The SMILES string of the molecule is Cc1cccc(C)c1-c1cc(Cl)nc(NS(=O)(=O)c2cccc([N+](=O)[O-])c2)n1. The summed E-state index contributed by atoms with van der Waals surface area (Å²) >= 11 is 6.07. The van der Waals surface area contributed by atoms with Crippen LogP contribution in [0.4, 0.5) is 11.6 Å². The second kappa shape index (κ2) is 7.53. The number of nitrogens with zero attached hydrogens (tertiary/aromatic N) is 3. The van der Waals surface area contributed by atoms with E-state index in [0.29, 0.717) is 5.69 Å². The summed E-state index contributed by atoms with van der Waals surface area (Å²) in [4.78, 5) is 18.1. The molecule has 0 saturated carbocycles. The highest BCUT2D eigenvalue weighted by Crippen LogP contribution is 2.28. The normalized spacial score (nSPS) is 11.2. The van der Waals surface area contributed by atoms with Crippen molar-refractivity contribution in [2.75, 3.05) is 4.72 Å². The number of hydrogen-bond donors (Lipinski definition) is 1. The molecule has 8 nitrogen and oxygen atoms in total. The van der Waals surface area contributed by atoms with Crippen LogP contribution in [0.25, 0.3) is 11.3 Å². The molecule has 0 atom stereocenters. The van der Waals surface area contributed by atoms with Crippen molar-refractivity contribution < 1.29 is 13.3 Å². The van der Waals surface area contributed by atoms with E-state index in [1.807, 2.05) is 32.0 Å². The maximum absolute atomic E-state index is 12.6. The van der Waals surface area contributed by atoms with Crippen LogP contribution in [0.5, 0.6) is 0 Å². The van der Waals surface area contributed by atoms with Crippen molar-refractivity contribution in [2.45, 2.75) is 18.7 Å². The molecule has 3 aromatic rings. The number of aryl methyl sites for hydroxylation is 2. The van der Waals surface area contributed by atoms with E-state index in [9.17, 15) is 18.5 Å². The van der Waals surface area contributed by atoms with Crippen molar-refractivity contribution >= 4 is 33.3 Å². The standard InChI is InChI=1S/C18H15ClN4O4S/c1-11-5-3-6-12(2)17(11)15-10-16(19)21-18(20-15)22-28(26,27)14-8-4-7-13(9-14)23(24)25/h3-10H,1-2H3,(H,20,21,22). The Bertz CT molecular complexity index is 1160. The van der Waals surface area contributed by atoms with Gasteiger partial charge in [0.2, 0.25) is 5.95 Å². The molecular formula is C18H15ClN4O4S. The lowest BCUT2D eigenvalue weighted by Crippen LogP contribution is -2.15. The predicted octanol–water partition coefficient (Wildman–Crippen LogP) is 4.12. The van der Waals surface area contributed by atoms with E-state index in [1.165, 1.54) is 18.2 Å². The average molecular weight is 419 g/mol. The molecule has 0 radical (unpaired) electrons. The Balaban J connectivity index is 2.02. The van der Waals surface area contributed by atoms with E-state index < -0.39 is 14.9 Å². The van der Waals surface area contributed by atoms with Crippen LogP contribution in [-0.2, 0) is 10.0 Å². The predicted molar refractivity (Wildman–Crippen MR) is 106 cm³/mol. The van der Waals surface area contributed by atoms with Crippen molar-refractivity contribution in [2.24, 2.45) is 0 Å². The molecule has 1 aromatic heterocycles. The Labute approximate surface area is 166 Å².